The number of aryl methyl sites for hydroxylation is 1. The molecule has 0 aliphatic heterocycles. The summed E-state index contributed by atoms with van der Waals surface area (Å²) in [5.74, 6) is 0.0548. The van der Waals surface area contributed by atoms with Crippen LogP contribution in [0.1, 0.15) is 30.0 Å². The zero-order chi connectivity index (χ0) is 10.7. The number of amides is 1. The second-order valence-corrected chi connectivity index (χ2v) is 3.90. The summed E-state index contributed by atoms with van der Waals surface area (Å²) in [4.78, 5) is 11.4. The lowest BCUT2D eigenvalue weighted by molar-refractivity contribution is -0.121. The number of carbonyl (C=O) groups is 1. The molecular weight excluding hydrogens is 188 g/mol. The normalized spacial score (nSPS) is 18.6. The Labute approximate surface area is 89.7 Å². The molecule has 0 spiro atoms. The van der Waals surface area contributed by atoms with Crippen LogP contribution in [-0.2, 0) is 11.2 Å². The highest BCUT2D eigenvalue weighted by atomic mass is 16.1. The first kappa shape index (κ1) is 10.2. The number of nitrogens with two attached hydrogens (primary N) is 1. The number of hydrogen-bond acceptors (Lipinski definition) is 2. The molecule has 3 N–H and O–H groups in total. The van der Waals surface area contributed by atoms with E-state index >= 15 is 0 Å². The zero-order valence-electron chi connectivity index (χ0n) is 8.70. The first-order valence-electron chi connectivity index (χ1n) is 5.38. The molecule has 0 radical (unpaired) electrons. The van der Waals surface area contributed by atoms with Crippen molar-refractivity contribution in [1.82, 2.24) is 5.32 Å². The van der Waals surface area contributed by atoms with Crippen LogP contribution in [0.15, 0.2) is 24.3 Å². The van der Waals surface area contributed by atoms with E-state index < -0.39 is 0 Å². The van der Waals surface area contributed by atoms with Crippen LogP contribution in [0.2, 0.25) is 0 Å². The molecule has 1 unspecified atom stereocenters. The van der Waals surface area contributed by atoms with Crippen LogP contribution in [0, 0.1) is 0 Å². The van der Waals surface area contributed by atoms with Crippen molar-refractivity contribution in [3.63, 3.8) is 0 Å². The van der Waals surface area contributed by atoms with E-state index in [2.05, 4.69) is 17.4 Å². The second-order valence-electron chi connectivity index (χ2n) is 3.90. The molecule has 0 heterocycles. The minimum atomic E-state index is 0.0548. The lowest BCUT2D eigenvalue weighted by Crippen LogP contribution is -2.28. The zero-order valence-corrected chi connectivity index (χ0v) is 8.70. The summed E-state index contributed by atoms with van der Waals surface area (Å²) in [6, 6.07) is 8.48. The summed E-state index contributed by atoms with van der Waals surface area (Å²) in [6.07, 6.45) is 2.48. The van der Waals surface area contributed by atoms with E-state index in [4.69, 9.17) is 5.73 Å². The predicted molar refractivity (Wildman–Crippen MR) is 59.3 cm³/mol. The largest absolute Gasteiger partial charge is 0.349 e. The van der Waals surface area contributed by atoms with Gasteiger partial charge >= 0.3 is 0 Å². The standard InChI is InChI=1S/C12H16N2O/c13-8-7-12(15)14-11-6-5-9-3-1-2-4-10(9)11/h1-4,11H,5-8,13H2,(H,14,15). The van der Waals surface area contributed by atoms with Crippen LogP contribution in [0.25, 0.3) is 0 Å². The molecular formula is C12H16N2O. The summed E-state index contributed by atoms with van der Waals surface area (Å²) in [5.41, 5.74) is 7.96. The van der Waals surface area contributed by atoms with Crippen molar-refractivity contribution in [2.45, 2.75) is 25.3 Å². The average molecular weight is 204 g/mol. The van der Waals surface area contributed by atoms with E-state index in [1.165, 1.54) is 11.1 Å². The van der Waals surface area contributed by atoms with Gasteiger partial charge in [0, 0.05) is 13.0 Å². The fourth-order valence-corrected chi connectivity index (χ4v) is 2.10. The Morgan fingerprint density at radius 3 is 3.07 bits per heavy atom. The van der Waals surface area contributed by atoms with Crippen LogP contribution in [0.4, 0.5) is 0 Å². The highest BCUT2D eigenvalue weighted by Crippen LogP contribution is 2.30. The van der Waals surface area contributed by atoms with Crippen molar-refractivity contribution in [2.24, 2.45) is 5.73 Å². The Balaban J connectivity index is 2.04. The van der Waals surface area contributed by atoms with Crippen molar-refractivity contribution < 1.29 is 4.79 Å². The lowest BCUT2D eigenvalue weighted by atomic mass is 10.1. The lowest BCUT2D eigenvalue weighted by Gasteiger charge is -2.13. The molecule has 1 aromatic rings. The van der Waals surface area contributed by atoms with Crippen LogP contribution >= 0.6 is 0 Å². The van der Waals surface area contributed by atoms with Crippen LogP contribution in [0.3, 0.4) is 0 Å². The quantitative estimate of drug-likeness (QED) is 0.775. The number of rotatable bonds is 3. The van der Waals surface area contributed by atoms with Crippen LogP contribution in [-0.4, -0.2) is 12.5 Å². The smallest absolute Gasteiger partial charge is 0.221 e. The molecule has 0 saturated carbocycles. The van der Waals surface area contributed by atoms with Gasteiger partial charge in [0.25, 0.3) is 0 Å². The van der Waals surface area contributed by atoms with Crippen molar-refractivity contribution >= 4 is 5.91 Å². The van der Waals surface area contributed by atoms with Gasteiger partial charge < -0.3 is 11.1 Å². The maximum absolute atomic E-state index is 11.4. The van der Waals surface area contributed by atoms with Gasteiger partial charge in [0.2, 0.25) is 5.91 Å². The van der Waals surface area contributed by atoms with Crippen molar-refractivity contribution in [3.8, 4) is 0 Å². The molecule has 1 atom stereocenters. The van der Waals surface area contributed by atoms with Crippen molar-refractivity contribution in [2.75, 3.05) is 6.54 Å². The molecule has 15 heavy (non-hydrogen) atoms. The van der Waals surface area contributed by atoms with Gasteiger partial charge in [0.05, 0.1) is 6.04 Å². The summed E-state index contributed by atoms with van der Waals surface area (Å²) in [7, 11) is 0. The van der Waals surface area contributed by atoms with Gasteiger partial charge in [-0.1, -0.05) is 24.3 Å². The van der Waals surface area contributed by atoms with Gasteiger partial charge in [-0.15, -0.1) is 0 Å². The van der Waals surface area contributed by atoms with Crippen molar-refractivity contribution in [1.29, 1.82) is 0 Å². The Kier molecular flexibility index (Phi) is 3.02. The van der Waals surface area contributed by atoms with E-state index in [1.54, 1.807) is 0 Å². The molecule has 1 aliphatic carbocycles. The highest BCUT2D eigenvalue weighted by Gasteiger charge is 2.22. The molecule has 0 saturated heterocycles. The topological polar surface area (TPSA) is 55.1 Å². The van der Waals surface area contributed by atoms with Crippen LogP contribution < -0.4 is 11.1 Å². The monoisotopic (exact) mass is 204 g/mol. The molecule has 0 aromatic heterocycles. The molecule has 1 aliphatic rings. The molecule has 3 heteroatoms. The van der Waals surface area contributed by atoms with Gasteiger partial charge in [-0.2, -0.15) is 0 Å². The molecule has 80 valence electrons. The second kappa shape index (κ2) is 4.45. The third kappa shape index (κ3) is 2.18. The molecule has 0 bridgehead atoms. The number of hydrogen-bond donors (Lipinski definition) is 2. The van der Waals surface area contributed by atoms with Gasteiger partial charge in [0.1, 0.15) is 0 Å². The highest BCUT2D eigenvalue weighted by molar-refractivity contribution is 5.76. The van der Waals surface area contributed by atoms with E-state index in [0.717, 1.165) is 12.8 Å². The maximum Gasteiger partial charge on any atom is 0.221 e. The molecule has 1 amide bonds. The van der Waals surface area contributed by atoms with Gasteiger partial charge in [0.15, 0.2) is 0 Å². The predicted octanol–water partition coefficient (Wildman–Crippen LogP) is 1.14. The Morgan fingerprint density at radius 1 is 1.47 bits per heavy atom. The maximum atomic E-state index is 11.4. The summed E-state index contributed by atoms with van der Waals surface area (Å²) < 4.78 is 0. The molecule has 1 aromatic carbocycles. The summed E-state index contributed by atoms with van der Waals surface area (Å²) >= 11 is 0. The first-order valence-corrected chi connectivity index (χ1v) is 5.38. The number of carbonyl (C=O) groups excluding carboxylic acids is 1. The Hall–Kier alpha value is -1.35. The number of benzene rings is 1. The summed E-state index contributed by atoms with van der Waals surface area (Å²) in [5, 5.41) is 3.02. The van der Waals surface area contributed by atoms with E-state index in [1.807, 2.05) is 12.1 Å². The number of fused-ring (bicyclic) bond motifs is 1. The fourth-order valence-electron chi connectivity index (χ4n) is 2.10. The average Bonchev–Trinajstić information content (AvgIpc) is 2.62. The van der Waals surface area contributed by atoms with Gasteiger partial charge in [-0.25, -0.2) is 0 Å². The summed E-state index contributed by atoms with van der Waals surface area (Å²) in [6.45, 7) is 0.417. The van der Waals surface area contributed by atoms with Crippen molar-refractivity contribution in [3.05, 3.63) is 35.4 Å². The fraction of sp³-hybridized carbons (Fsp3) is 0.417. The van der Waals surface area contributed by atoms with E-state index in [-0.39, 0.29) is 11.9 Å². The third-order valence-electron chi connectivity index (χ3n) is 2.84. The third-order valence-corrected chi connectivity index (χ3v) is 2.84. The SMILES string of the molecule is NCCC(=O)NC1CCc2ccccc21. The van der Waals surface area contributed by atoms with Gasteiger partial charge in [-0.3, -0.25) is 4.79 Å². The minimum absolute atomic E-state index is 0.0548. The number of nitrogens with one attached hydrogen (secondary N) is 1. The van der Waals surface area contributed by atoms with E-state index in [0.29, 0.717) is 13.0 Å². The molecule has 2 rings (SSSR count). The minimum Gasteiger partial charge on any atom is -0.349 e. The van der Waals surface area contributed by atoms with E-state index in [9.17, 15) is 4.79 Å². The molecule has 3 nitrogen and oxygen atoms in total. The van der Waals surface area contributed by atoms with Gasteiger partial charge in [-0.05, 0) is 24.0 Å². The van der Waals surface area contributed by atoms with Crippen LogP contribution in [0.5, 0.6) is 0 Å². The Morgan fingerprint density at radius 2 is 2.27 bits per heavy atom. The first-order chi connectivity index (χ1) is 7.31. The molecule has 0 fully saturated rings. The Bertz CT molecular complexity index is 362.